The topological polar surface area (TPSA) is 27.7 Å². The molecule has 134 valence electrons. The van der Waals surface area contributed by atoms with E-state index in [0.29, 0.717) is 0 Å². The van der Waals surface area contributed by atoms with Crippen LogP contribution in [0.4, 0.5) is 0 Å². The smallest absolute Gasteiger partial charge is 0.187 e. The molecule has 0 radical (unpaired) electrons. The van der Waals surface area contributed by atoms with Crippen LogP contribution in [0.15, 0.2) is 36.9 Å². The van der Waals surface area contributed by atoms with Gasteiger partial charge in [0, 0.05) is 12.0 Å². The van der Waals surface area contributed by atoms with E-state index in [-0.39, 0.29) is 29.7 Å². The van der Waals surface area contributed by atoms with E-state index in [1.807, 2.05) is 32.9 Å². The van der Waals surface area contributed by atoms with Crippen LogP contribution in [0.5, 0.6) is 0 Å². The second-order valence-electron chi connectivity index (χ2n) is 8.50. The van der Waals surface area contributed by atoms with Gasteiger partial charge in [-0.05, 0) is 38.2 Å². The van der Waals surface area contributed by atoms with Gasteiger partial charge in [0.15, 0.2) is 12.6 Å². The maximum atomic E-state index is 6.29. The Morgan fingerprint density at radius 2 is 1.75 bits per heavy atom. The fourth-order valence-corrected chi connectivity index (χ4v) is 2.95. The fourth-order valence-electron chi connectivity index (χ4n) is 2.95. The van der Waals surface area contributed by atoms with Crippen LogP contribution in [0.3, 0.4) is 0 Å². The monoisotopic (exact) mass is 332 g/mol. The number of ether oxygens (including phenoxy) is 3. The standard InChI is InChI=1S/C21H32O3/c1-8-9-14-17(24-21(5,6)7)22-19-16-13-11-10-12-15(16)18(23-19)20(2,3)4/h8,10-13,17-19H,1,9,14H2,2-7H3. The lowest BCUT2D eigenvalue weighted by molar-refractivity contribution is -0.284. The van der Waals surface area contributed by atoms with Gasteiger partial charge >= 0.3 is 0 Å². The summed E-state index contributed by atoms with van der Waals surface area (Å²) in [6.07, 6.45) is 2.82. The molecule has 1 aliphatic heterocycles. The molecule has 0 fully saturated rings. The van der Waals surface area contributed by atoms with Crippen molar-refractivity contribution in [2.75, 3.05) is 0 Å². The Bertz CT molecular complexity index is 551. The molecule has 1 aromatic carbocycles. The number of hydrogen-bond donors (Lipinski definition) is 0. The molecule has 0 amide bonds. The van der Waals surface area contributed by atoms with Crippen LogP contribution < -0.4 is 0 Å². The highest BCUT2D eigenvalue weighted by Crippen LogP contribution is 2.48. The molecule has 1 aliphatic rings. The zero-order chi connectivity index (χ0) is 18.0. The van der Waals surface area contributed by atoms with Gasteiger partial charge in [-0.15, -0.1) is 6.58 Å². The van der Waals surface area contributed by atoms with Crippen molar-refractivity contribution in [3.63, 3.8) is 0 Å². The van der Waals surface area contributed by atoms with E-state index in [9.17, 15) is 0 Å². The summed E-state index contributed by atoms with van der Waals surface area (Å²) in [6, 6.07) is 8.32. The van der Waals surface area contributed by atoms with E-state index in [0.717, 1.165) is 18.4 Å². The Kier molecular flexibility index (Phi) is 5.90. The minimum Gasteiger partial charge on any atom is -0.347 e. The lowest BCUT2D eigenvalue weighted by Crippen LogP contribution is -2.30. The summed E-state index contributed by atoms with van der Waals surface area (Å²) in [5.74, 6) is 0. The van der Waals surface area contributed by atoms with E-state index in [1.54, 1.807) is 0 Å². The summed E-state index contributed by atoms with van der Waals surface area (Å²) < 4.78 is 18.6. The van der Waals surface area contributed by atoms with Gasteiger partial charge in [-0.25, -0.2) is 0 Å². The lowest BCUT2D eigenvalue weighted by atomic mass is 9.84. The van der Waals surface area contributed by atoms with Crippen LogP contribution in [0.1, 0.15) is 77.9 Å². The molecule has 3 heteroatoms. The Labute approximate surface area is 147 Å². The first-order valence-electron chi connectivity index (χ1n) is 8.80. The van der Waals surface area contributed by atoms with Crippen LogP contribution >= 0.6 is 0 Å². The molecule has 1 heterocycles. The highest BCUT2D eigenvalue weighted by molar-refractivity contribution is 5.34. The molecule has 2 rings (SSSR count). The normalized spacial score (nSPS) is 22.2. The SMILES string of the molecule is C=CCCC(OC1OC(C(C)(C)C)c2ccccc21)OC(C)(C)C. The lowest BCUT2D eigenvalue weighted by Gasteiger charge is -2.31. The largest absolute Gasteiger partial charge is 0.347 e. The summed E-state index contributed by atoms with van der Waals surface area (Å²) in [7, 11) is 0. The summed E-state index contributed by atoms with van der Waals surface area (Å²) in [5, 5.41) is 0. The molecule has 0 aromatic heterocycles. The predicted octanol–water partition coefficient (Wildman–Crippen LogP) is 5.93. The maximum absolute atomic E-state index is 6.29. The van der Waals surface area contributed by atoms with Crippen molar-refractivity contribution >= 4 is 0 Å². The van der Waals surface area contributed by atoms with E-state index in [2.05, 4.69) is 45.5 Å². The van der Waals surface area contributed by atoms with Crippen molar-refractivity contribution in [1.82, 2.24) is 0 Å². The van der Waals surface area contributed by atoms with E-state index in [4.69, 9.17) is 14.2 Å². The van der Waals surface area contributed by atoms with Crippen molar-refractivity contribution in [3.05, 3.63) is 48.0 Å². The second-order valence-corrected chi connectivity index (χ2v) is 8.50. The third-order valence-corrected chi connectivity index (χ3v) is 3.95. The van der Waals surface area contributed by atoms with Gasteiger partial charge in [0.1, 0.15) is 0 Å². The highest BCUT2D eigenvalue weighted by Gasteiger charge is 2.40. The minimum atomic E-state index is -0.386. The molecule has 0 aliphatic carbocycles. The number of fused-ring (bicyclic) bond motifs is 1. The van der Waals surface area contributed by atoms with Gasteiger partial charge < -0.3 is 14.2 Å². The number of rotatable bonds is 6. The average Bonchev–Trinajstić information content (AvgIpc) is 2.82. The van der Waals surface area contributed by atoms with Gasteiger partial charge in [-0.3, -0.25) is 0 Å². The Morgan fingerprint density at radius 1 is 1.12 bits per heavy atom. The van der Waals surface area contributed by atoms with Crippen molar-refractivity contribution in [2.24, 2.45) is 5.41 Å². The van der Waals surface area contributed by atoms with E-state index >= 15 is 0 Å². The summed E-state index contributed by atoms with van der Waals surface area (Å²) >= 11 is 0. The summed E-state index contributed by atoms with van der Waals surface area (Å²) in [4.78, 5) is 0. The molecule has 3 atom stereocenters. The van der Waals surface area contributed by atoms with Crippen LogP contribution in [-0.2, 0) is 14.2 Å². The molecular weight excluding hydrogens is 300 g/mol. The first-order valence-corrected chi connectivity index (χ1v) is 8.80. The van der Waals surface area contributed by atoms with Crippen molar-refractivity contribution < 1.29 is 14.2 Å². The zero-order valence-electron chi connectivity index (χ0n) is 16.0. The molecule has 0 saturated heterocycles. The van der Waals surface area contributed by atoms with Crippen LogP contribution in [0.25, 0.3) is 0 Å². The van der Waals surface area contributed by atoms with Gasteiger partial charge in [0.05, 0.1) is 11.7 Å². The van der Waals surface area contributed by atoms with Gasteiger partial charge in [-0.2, -0.15) is 0 Å². The summed E-state index contributed by atoms with van der Waals surface area (Å²) in [6.45, 7) is 16.5. The molecule has 1 aromatic rings. The molecule has 24 heavy (non-hydrogen) atoms. The third kappa shape index (κ3) is 4.92. The second kappa shape index (κ2) is 7.38. The summed E-state index contributed by atoms with van der Waals surface area (Å²) in [5.41, 5.74) is 2.06. The zero-order valence-corrected chi connectivity index (χ0v) is 16.0. The Hall–Kier alpha value is -1.16. The van der Waals surface area contributed by atoms with Crippen LogP contribution in [0, 0.1) is 5.41 Å². The third-order valence-electron chi connectivity index (χ3n) is 3.95. The first-order chi connectivity index (χ1) is 11.1. The highest BCUT2D eigenvalue weighted by atomic mass is 16.8. The molecule has 0 spiro atoms. The van der Waals surface area contributed by atoms with Crippen molar-refractivity contribution in [1.29, 1.82) is 0 Å². The molecule has 0 bridgehead atoms. The molecule has 3 unspecified atom stereocenters. The van der Waals surface area contributed by atoms with Gasteiger partial charge in [-0.1, -0.05) is 51.1 Å². The van der Waals surface area contributed by atoms with Gasteiger partial charge in [0.2, 0.25) is 0 Å². The fraction of sp³-hybridized carbons (Fsp3) is 0.619. The van der Waals surface area contributed by atoms with Crippen molar-refractivity contribution in [3.8, 4) is 0 Å². The molecule has 3 nitrogen and oxygen atoms in total. The van der Waals surface area contributed by atoms with Crippen LogP contribution in [0.2, 0.25) is 0 Å². The van der Waals surface area contributed by atoms with E-state index in [1.165, 1.54) is 5.56 Å². The number of hydrogen-bond acceptors (Lipinski definition) is 3. The molecule has 0 N–H and O–H groups in total. The first kappa shape index (κ1) is 19.2. The Balaban J connectivity index is 2.19. The molecule has 0 saturated carbocycles. The van der Waals surface area contributed by atoms with Gasteiger partial charge in [0.25, 0.3) is 0 Å². The minimum absolute atomic E-state index is 0.00963. The van der Waals surface area contributed by atoms with Crippen LogP contribution in [-0.4, -0.2) is 11.9 Å². The quantitative estimate of drug-likeness (QED) is 0.477. The predicted molar refractivity (Wildman–Crippen MR) is 97.6 cm³/mol. The molecular formula is C21H32O3. The Morgan fingerprint density at radius 3 is 2.29 bits per heavy atom. The number of benzene rings is 1. The number of allylic oxidation sites excluding steroid dienone is 1. The maximum Gasteiger partial charge on any atom is 0.187 e. The average molecular weight is 332 g/mol. The van der Waals surface area contributed by atoms with E-state index < -0.39 is 0 Å². The van der Waals surface area contributed by atoms with Crippen molar-refractivity contribution in [2.45, 2.75) is 78.7 Å².